The standard InChI is InChI=1S/C22H26FNO3S/c1-16-7-10-18(15-21(16)28(2,26)27)22(25)24(20-5-3-4-6-20)14-13-17-8-11-19(23)12-9-17/h7-12,15,20H,3-6,13-14H2,1-2H3. The zero-order chi connectivity index (χ0) is 20.3. The SMILES string of the molecule is Cc1ccc(C(=O)N(CCc2ccc(F)cc2)C2CCCC2)cc1S(C)(=O)=O. The van der Waals surface area contributed by atoms with Crippen molar-refractivity contribution in [2.75, 3.05) is 12.8 Å². The predicted molar refractivity (Wildman–Crippen MR) is 108 cm³/mol. The molecule has 1 aliphatic rings. The summed E-state index contributed by atoms with van der Waals surface area (Å²) in [4.78, 5) is 15.3. The highest BCUT2D eigenvalue weighted by atomic mass is 32.2. The van der Waals surface area contributed by atoms with Gasteiger partial charge in [-0.3, -0.25) is 4.79 Å². The maximum Gasteiger partial charge on any atom is 0.254 e. The van der Waals surface area contributed by atoms with Crippen molar-refractivity contribution >= 4 is 15.7 Å². The van der Waals surface area contributed by atoms with E-state index in [9.17, 15) is 17.6 Å². The molecule has 4 nitrogen and oxygen atoms in total. The Labute approximate surface area is 166 Å². The number of rotatable bonds is 6. The summed E-state index contributed by atoms with van der Waals surface area (Å²) in [5, 5.41) is 0. The van der Waals surface area contributed by atoms with Gasteiger partial charge in [-0.15, -0.1) is 0 Å². The van der Waals surface area contributed by atoms with Crippen LogP contribution in [0.3, 0.4) is 0 Å². The van der Waals surface area contributed by atoms with Crippen molar-refractivity contribution in [3.63, 3.8) is 0 Å². The second kappa shape index (κ2) is 8.43. The molecular formula is C22H26FNO3S. The molecule has 0 aliphatic heterocycles. The van der Waals surface area contributed by atoms with Gasteiger partial charge in [-0.2, -0.15) is 0 Å². The number of hydrogen-bond acceptors (Lipinski definition) is 3. The zero-order valence-electron chi connectivity index (χ0n) is 16.3. The highest BCUT2D eigenvalue weighted by Gasteiger charge is 2.28. The first-order valence-corrected chi connectivity index (χ1v) is 11.5. The van der Waals surface area contributed by atoms with E-state index in [2.05, 4.69) is 0 Å². The van der Waals surface area contributed by atoms with Crippen LogP contribution in [0.1, 0.15) is 47.2 Å². The highest BCUT2D eigenvalue weighted by Crippen LogP contribution is 2.26. The van der Waals surface area contributed by atoms with Crippen LogP contribution >= 0.6 is 0 Å². The second-order valence-corrected chi connectivity index (χ2v) is 9.55. The summed E-state index contributed by atoms with van der Waals surface area (Å²) in [6.07, 6.45) is 5.89. The Bertz CT molecular complexity index is 948. The third-order valence-corrected chi connectivity index (χ3v) is 6.65. The maximum absolute atomic E-state index is 13.3. The number of halogens is 1. The Morgan fingerprint density at radius 3 is 2.36 bits per heavy atom. The van der Waals surface area contributed by atoms with Gasteiger partial charge in [0.1, 0.15) is 5.82 Å². The number of carbonyl (C=O) groups excluding carboxylic acids is 1. The maximum atomic E-state index is 13.3. The molecule has 2 aromatic carbocycles. The Morgan fingerprint density at radius 1 is 1.11 bits per heavy atom. The van der Waals surface area contributed by atoms with E-state index in [-0.39, 0.29) is 22.7 Å². The lowest BCUT2D eigenvalue weighted by Crippen LogP contribution is -2.40. The summed E-state index contributed by atoms with van der Waals surface area (Å²) in [6, 6.07) is 11.4. The molecule has 2 aromatic rings. The summed E-state index contributed by atoms with van der Waals surface area (Å²) in [6.45, 7) is 2.26. The first kappa shape index (κ1) is 20.5. The van der Waals surface area contributed by atoms with Crippen molar-refractivity contribution < 1.29 is 17.6 Å². The summed E-state index contributed by atoms with van der Waals surface area (Å²) in [5.41, 5.74) is 2.01. The Balaban J connectivity index is 1.85. The molecule has 0 aromatic heterocycles. The van der Waals surface area contributed by atoms with Gasteiger partial charge in [0.15, 0.2) is 9.84 Å². The fourth-order valence-corrected chi connectivity index (χ4v) is 4.86. The van der Waals surface area contributed by atoms with Crippen LogP contribution < -0.4 is 0 Å². The van der Waals surface area contributed by atoms with E-state index in [0.717, 1.165) is 37.5 Å². The van der Waals surface area contributed by atoms with Crippen LogP contribution in [0.25, 0.3) is 0 Å². The minimum absolute atomic E-state index is 0.140. The minimum Gasteiger partial charge on any atom is -0.335 e. The number of carbonyl (C=O) groups is 1. The number of nitrogens with zero attached hydrogens (tertiary/aromatic N) is 1. The average molecular weight is 404 g/mol. The van der Waals surface area contributed by atoms with E-state index in [1.807, 2.05) is 4.90 Å². The fraction of sp³-hybridized carbons (Fsp3) is 0.409. The number of amides is 1. The molecule has 3 rings (SSSR count). The molecule has 1 fully saturated rings. The third kappa shape index (κ3) is 4.79. The third-order valence-electron chi connectivity index (χ3n) is 5.42. The quantitative estimate of drug-likeness (QED) is 0.728. The first-order chi connectivity index (χ1) is 13.3. The topological polar surface area (TPSA) is 54.5 Å². The summed E-state index contributed by atoms with van der Waals surface area (Å²) < 4.78 is 37.2. The Hall–Kier alpha value is -2.21. The van der Waals surface area contributed by atoms with E-state index < -0.39 is 9.84 Å². The van der Waals surface area contributed by atoms with Gasteiger partial charge in [0, 0.05) is 24.4 Å². The molecule has 0 N–H and O–H groups in total. The highest BCUT2D eigenvalue weighted by molar-refractivity contribution is 7.90. The molecule has 6 heteroatoms. The molecule has 1 amide bonds. The van der Waals surface area contributed by atoms with Crippen molar-refractivity contribution in [1.82, 2.24) is 4.90 Å². The lowest BCUT2D eigenvalue weighted by Gasteiger charge is -2.29. The van der Waals surface area contributed by atoms with E-state index in [0.29, 0.717) is 24.1 Å². The van der Waals surface area contributed by atoms with Crippen LogP contribution in [0.2, 0.25) is 0 Å². The van der Waals surface area contributed by atoms with Crippen LogP contribution in [0.4, 0.5) is 4.39 Å². The summed E-state index contributed by atoms with van der Waals surface area (Å²) in [5.74, 6) is -0.417. The number of sulfone groups is 1. The van der Waals surface area contributed by atoms with Gasteiger partial charge >= 0.3 is 0 Å². The molecule has 0 heterocycles. The fourth-order valence-electron chi connectivity index (χ4n) is 3.86. The number of hydrogen-bond donors (Lipinski definition) is 0. The monoisotopic (exact) mass is 403 g/mol. The smallest absolute Gasteiger partial charge is 0.254 e. The van der Waals surface area contributed by atoms with E-state index in [1.165, 1.54) is 18.2 Å². The molecule has 0 radical (unpaired) electrons. The van der Waals surface area contributed by atoms with Gasteiger partial charge in [0.25, 0.3) is 5.91 Å². The molecule has 1 aliphatic carbocycles. The molecule has 0 unspecified atom stereocenters. The predicted octanol–water partition coefficient (Wildman–Crippen LogP) is 4.17. The van der Waals surface area contributed by atoms with Gasteiger partial charge in [-0.05, 0) is 61.6 Å². The molecule has 28 heavy (non-hydrogen) atoms. The van der Waals surface area contributed by atoms with E-state index in [4.69, 9.17) is 0 Å². The molecular weight excluding hydrogens is 377 g/mol. The van der Waals surface area contributed by atoms with Crippen LogP contribution in [-0.2, 0) is 16.3 Å². The van der Waals surface area contributed by atoms with Gasteiger partial charge in [-0.1, -0.05) is 31.0 Å². The van der Waals surface area contributed by atoms with Crippen molar-refractivity contribution in [3.8, 4) is 0 Å². The van der Waals surface area contributed by atoms with Crippen molar-refractivity contribution in [2.45, 2.75) is 50.0 Å². The molecule has 0 bridgehead atoms. The first-order valence-electron chi connectivity index (χ1n) is 9.62. The summed E-state index contributed by atoms with van der Waals surface area (Å²) in [7, 11) is -3.40. The van der Waals surface area contributed by atoms with E-state index >= 15 is 0 Å². The lowest BCUT2D eigenvalue weighted by atomic mass is 10.1. The van der Waals surface area contributed by atoms with Gasteiger partial charge in [0.05, 0.1) is 4.90 Å². The van der Waals surface area contributed by atoms with Crippen LogP contribution in [-0.4, -0.2) is 38.1 Å². The zero-order valence-corrected chi connectivity index (χ0v) is 17.1. The minimum atomic E-state index is -3.40. The average Bonchev–Trinajstić information content (AvgIpc) is 3.17. The van der Waals surface area contributed by atoms with Crippen molar-refractivity contribution in [2.24, 2.45) is 0 Å². The molecule has 0 atom stereocenters. The second-order valence-electron chi connectivity index (χ2n) is 7.57. The number of aryl methyl sites for hydroxylation is 1. The van der Waals surface area contributed by atoms with Gasteiger partial charge in [0.2, 0.25) is 0 Å². The molecule has 150 valence electrons. The number of benzene rings is 2. The lowest BCUT2D eigenvalue weighted by molar-refractivity contribution is 0.0683. The Kier molecular flexibility index (Phi) is 6.18. The molecule has 1 saturated carbocycles. The molecule has 0 saturated heterocycles. The van der Waals surface area contributed by atoms with Crippen LogP contribution in [0.15, 0.2) is 47.4 Å². The van der Waals surface area contributed by atoms with Crippen molar-refractivity contribution in [3.05, 3.63) is 65.0 Å². The largest absolute Gasteiger partial charge is 0.335 e. The summed E-state index contributed by atoms with van der Waals surface area (Å²) >= 11 is 0. The van der Waals surface area contributed by atoms with Gasteiger partial charge < -0.3 is 4.90 Å². The van der Waals surface area contributed by atoms with Crippen LogP contribution in [0.5, 0.6) is 0 Å². The van der Waals surface area contributed by atoms with Crippen LogP contribution in [0, 0.1) is 12.7 Å². The molecule has 0 spiro atoms. The van der Waals surface area contributed by atoms with Gasteiger partial charge in [-0.25, -0.2) is 12.8 Å². The Morgan fingerprint density at radius 2 is 1.75 bits per heavy atom. The van der Waals surface area contributed by atoms with E-state index in [1.54, 1.807) is 31.2 Å². The van der Waals surface area contributed by atoms with Crippen molar-refractivity contribution in [1.29, 1.82) is 0 Å². The normalized spacial score (nSPS) is 15.0.